The molecule has 0 spiro atoms. The van der Waals surface area contributed by atoms with Gasteiger partial charge >= 0.3 is 0 Å². The van der Waals surface area contributed by atoms with Gasteiger partial charge in [-0.3, -0.25) is 9.89 Å². The van der Waals surface area contributed by atoms with E-state index >= 15 is 0 Å². The number of Topliss-reactive ketones (excluding diaryl/α,β-unsaturated/α-hetero) is 1. The second-order valence-electron chi connectivity index (χ2n) is 6.59. The second kappa shape index (κ2) is 7.45. The molecule has 0 aliphatic rings. The van der Waals surface area contributed by atoms with Crippen molar-refractivity contribution in [1.82, 2.24) is 15.1 Å². The molecular formula is C21H23N3O. The summed E-state index contributed by atoms with van der Waals surface area (Å²) >= 11 is 0. The molecule has 2 aromatic carbocycles. The lowest BCUT2D eigenvalue weighted by Crippen LogP contribution is -2.12. The summed E-state index contributed by atoms with van der Waals surface area (Å²) in [5.74, 6) is 0.134. The van der Waals surface area contributed by atoms with E-state index in [-0.39, 0.29) is 5.78 Å². The Bertz CT molecular complexity index is 908. The molecule has 0 bridgehead atoms. The van der Waals surface area contributed by atoms with E-state index in [9.17, 15) is 4.79 Å². The SMILES string of the molecule is C=C(CCC(=O)c1ccc2[nH]ncc2c1)c1ccccc1CN(C)C. The molecule has 3 rings (SSSR count). The van der Waals surface area contributed by atoms with Crippen LogP contribution in [0.25, 0.3) is 16.5 Å². The number of nitrogens with zero attached hydrogens (tertiary/aromatic N) is 2. The Morgan fingerprint density at radius 1 is 1.16 bits per heavy atom. The Hall–Kier alpha value is -2.72. The predicted molar refractivity (Wildman–Crippen MR) is 103 cm³/mol. The van der Waals surface area contributed by atoms with Crippen LogP contribution in [0.1, 0.15) is 34.3 Å². The second-order valence-corrected chi connectivity index (χ2v) is 6.59. The number of nitrogens with one attached hydrogen (secondary N) is 1. The fourth-order valence-corrected chi connectivity index (χ4v) is 3.00. The van der Waals surface area contributed by atoms with E-state index in [0.29, 0.717) is 12.8 Å². The van der Waals surface area contributed by atoms with Gasteiger partial charge in [-0.05, 0) is 55.4 Å². The first kappa shape index (κ1) is 17.1. The number of ketones is 1. The van der Waals surface area contributed by atoms with Gasteiger partial charge in [0.2, 0.25) is 0 Å². The molecule has 4 nitrogen and oxygen atoms in total. The summed E-state index contributed by atoms with van der Waals surface area (Å²) in [6.07, 6.45) is 2.85. The molecule has 0 amide bonds. The minimum atomic E-state index is 0.134. The average Bonchev–Trinajstić information content (AvgIpc) is 3.07. The third-order valence-corrected chi connectivity index (χ3v) is 4.30. The summed E-state index contributed by atoms with van der Waals surface area (Å²) in [5, 5.41) is 7.85. The molecule has 4 heteroatoms. The minimum Gasteiger partial charge on any atom is -0.305 e. The molecule has 3 aromatic rings. The summed E-state index contributed by atoms with van der Waals surface area (Å²) < 4.78 is 0. The number of benzene rings is 2. The van der Waals surface area contributed by atoms with E-state index in [2.05, 4.69) is 47.9 Å². The number of aromatic nitrogens is 2. The van der Waals surface area contributed by atoms with Gasteiger partial charge < -0.3 is 4.90 Å². The molecule has 25 heavy (non-hydrogen) atoms. The number of hydrogen-bond acceptors (Lipinski definition) is 3. The van der Waals surface area contributed by atoms with Gasteiger partial charge in [-0.15, -0.1) is 0 Å². The monoisotopic (exact) mass is 333 g/mol. The van der Waals surface area contributed by atoms with E-state index in [1.54, 1.807) is 6.20 Å². The molecule has 1 aromatic heterocycles. The highest BCUT2D eigenvalue weighted by atomic mass is 16.1. The third kappa shape index (κ3) is 4.03. The van der Waals surface area contributed by atoms with Crippen LogP contribution in [-0.4, -0.2) is 35.0 Å². The molecule has 0 radical (unpaired) electrons. The highest BCUT2D eigenvalue weighted by Gasteiger charge is 2.11. The number of aromatic amines is 1. The summed E-state index contributed by atoms with van der Waals surface area (Å²) in [5.41, 5.74) is 5.07. The highest BCUT2D eigenvalue weighted by Crippen LogP contribution is 2.24. The first-order chi connectivity index (χ1) is 12.0. The smallest absolute Gasteiger partial charge is 0.163 e. The molecule has 0 aliphatic heterocycles. The van der Waals surface area contributed by atoms with Crippen molar-refractivity contribution >= 4 is 22.3 Å². The van der Waals surface area contributed by atoms with Gasteiger partial charge in [-0.2, -0.15) is 5.10 Å². The fraction of sp³-hybridized carbons (Fsp3) is 0.238. The first-order valence-corrected chi connectivity index (χ1v) is 8.41. The van der Waals surface area contributed by atoms with Crippen molar-refractivity contribution in [2.24, 2.45) is 0 Å². The molecule has 1 heterocycles. The fourth-order valence-electron chi connectivity index (χ4n) is 3.00. The van der Waals surface area contributed by atoms with E-state index in [1.807, 2.05) is 30.3 Å². The van der Waals surface area contributed by atoms with Crippen LogP contribution in [0.15, 0.2) is 55.2 Å². The topological polar surface area (TPSA) is 49.0 Å². The largest absolute Gasteiger partial charge is 0.305 e. The number of carbonyl (C=O) groups is 1. The minimum absolute atomic E-state index is 0.134. The summed E-state index contributed by atoms with van der Waals surface area (Å²) in [6.45, 7) is 5.08. The summed E-state index contributed by atoms with van der Waals surface area (Å²) in [4.78, 5) is 14.7. The third-order valence-electron chi connectivity index (χ3n) is 4.30. The standard InChI is InChI=1S/C21H23N3O/c1-15(19-7-5-4-6-17(19)14-24(2)3)8-11-21(25)16-9-10-20-18(12-16)13-22-23-20/h4-7,9-10,12-13H,1,8,11,14H2,2-3H3,(H,22,23). The van der Waals surface area contributed by atoms with E-state index in [1.165, 1.54) is 5.56 Å². The van der Waals surface area contributed by atoms with Crippen molar-refractivity contribution in [3.8, 4) is 0 Å². The van der Waals surface area contributed by atoms with Gasteiger partial charge in [0, 0.05) is 23.9 Å². The lowest BCUT2D eigenvalue weighted by molar-refractivity contribution is 0.0984. The van der Waals surface area contributed by atoms with Gasteiger partial charge in [-0.25, -0.2) is 0 Å². The van der Waals surface area contributed by atoms with Crippen LogP contribution in [0.5, 0.6) is 0 Å². The average molecular weight is 333 g/mol. The van der Waals surface area contributed by atoms with Gasteiger partial charge in [0.25, 0.3) is 0 Å². The molecule has 0 atom stereocenters. The number of H-pyrrole nitrogens is 1. The molecular weight excluding hydrogens is 310 g/mol. The van der Waals surface area contributed by atoms with Gasteiger partial charge in [0.05, 0.1) is 11.7 Å². The van der Waals surface area contributed by atoms with Crippen LogP contribution in [0, 0.1) is 0 Å². The number of rotatable bonds is 7. The molecule has 0 unspecified atom stereocenters. The van der Waals surface area contributed by atoms with Crippen LogP contribution in [0.4, 0.5) is 0 Å². The normalized spacial score (nSPS) is 11.2. The van der Waals surface area contributed by atoms with Crippen molar-refractivity contribution in [2.45, 2.75) is 19.4 Å². The van der Waals surface area contributed by atoms with Crippen LogP contribution in [0.2, 0.25) is 0 Å². The molecule has 128 valence electrons. The van der Waals surface area contributed by atoms with Crippen molar-refractivity contribution < 1.29 is 4.79 Å². The highest BCUT2D eigenvalue weighted by molar-refractivity contribution is 5.99. The van der Waals surface area contributed by atoms with Gasteiger partial charge in [0.1, 0.15) is 0 Å². The number of fused-ring (bicyclic) bond motifs is 1. The molecule has 0 saturated heterocycles. The Morgan fingerprint density at radius 2 is 1.96 bits per heavy atom. The number of allylic oxidation sites excluding steroid dienone is 1. The maximum atomic E-state index is 12.5. The zero-order chi connectivity index (χ0) is 17.8. The van der Waals surface area contributed by atoms with Crippen LogP contribution >= 0.6 is 0 Å². The lowest BCUT2D eigenvalue weighted by atomic mass is 9.95. The Balaban J connectivity index is 1.68. The number of carbonyl (C=O) groups excluding carboxylic acids is 1. The molecule has 0 fully saturated rings. The Morgan fingerprint density at radius 3 is 2.76 bits per heavy atom. The van der Waals surface area contributed by atoms with Crippen molar-refractivity contribution in [2.75, 3.05) is 14.1 Å². The zero-order valence-corrected chi connectivity index (χ0v) is 14.7. The molecule has 1 N–H and O–H groups in total. The van der Waals surface area contributed by atoms with Crippen molar-refractivity contribution in [1.29, 1.82) is 0 Å². The van der Waals surface area contributed by atoms with Gasteiger partial charge in [0.15, 0.2) is 5.78 Å². The molecule has 0 saturated carbocycles. The van der Waals surface area contributed by atoms with E-state index in [4.69, 9.17) is 0 Å². The predicted octanol–water partition coefficient (Wildman–Crippen LogP) is 4.30. The zero-order valence-electron chi connectivity index (χ0n) is 14.7. The lowest BCUT2D eigenvalue weighted by Gasteiger charge is -2.15. The van der Waals surface area contributed by atoms with Crippen LogP contribution < -0.4 is 0 Å². The summed E-state index contributed by atoms with van der Waals surface area (Å²) in [6, 6.07) is 13.9. The Labute approximate surface area is 148 Å². The maximum Gasteiger partial charge on any atom is 0.163 e. The van der Waals surface area contributed by atoms with Crippen LogP contribution in [0.3, 0.4) is 0 Å². The summed E-state index contributed by atoms with van der Waals surface area (Å²) in [7, 11) is 4.10. The molecule has 0 aliphatic carbocycles. The van der Waals surface area contributed by atoms with Gasteiger partial charge in [-0.1, -0.05) is 30.8 Å². The van der Waals surface area contributed by atoms with Crippen molar-refractivity contribution in [3.05, 3.63) is 71.9 Å². The maximum absolute atomic E-state index is 12.5. The first-order valence-electron chi connectivity index (χ1n) is 8.41. The Kier molecular flexibility index (Phi) is 5.10. The van der Waals surface area contributed by atoms with E-state index < -0.39 is 0 Å². The quantitative estimate of drug-likeness (QED) is 0.656. The number of hydrogen-bond donors (Lipinski definition) is 1. The van der Waals surface area contributed by atoms with E-state index in [0.717, 1.165) is 34.1 Å². The van der Waals surface area contributed by atoms with Crippen molar-refractivity contribution in [3.63, 3.8) is 0 Å². The van der Waals surface area contributed by atoms with Crippen LogP contribution in [-0.2, 0) is 6.54 Å².